The van der Waals surface area contributed by atoms with Crippen LogP contribution in [0.15, 0.2) is 103 Å². The van der Waals surface area contributed by atoms with Crippen molar-refractivity contribution in [3.05, 3.63) is 126 Å². The number of rotatable bonds is 4. The second kappa shape index (κ2) is 10.9. The molecule has 0 radical (unpaired) electrons. The van der Waals surface area contributed by atoms with Crippen LogP contribution in [0.1, 0.15) is 42.5 Å². The summed E-state index contributed by atoms with van der Waals surface area (Å²) in [6.45, 7) is 4.73. The predicted octanol–water partition coefficient (Wildman–Crippen LogP) is 9.42. The summed E-state index contributed by atoms with van der Waals surface area (Å²) in [5, 5.41) is 1.13. The second-order valence-corrected chi connectivity index (χ2v) is 12.5. The van der Waals surface area contributed by atoms with E-state index in [0.717, 1.165) is 70.2 Å². The molecule has 4 heteroatoms. The van der Waals surface area contributed by atoms with Gasteiger partial charge in [-0.2, -0.15) is 0 Å². The number of hydrogen-bond acceptors (Lipinski definition) is 4. The summed E-state index contributed by atoms with van der Waals surface area (Å²) in [5.74, 6) is 3.49. The Labute approximate surface area is 258 Å². The van der Waals surface area contributed by atoms with E-state index in [-0.39, 0.29) is 0 Å². The van der Waals surface area contributed by atoms with Crippen molar-refractivity contribution < 1.29 is 0 Å². The molecule has 2 heterocycles. The van der Waals surface area contributed by atoms with Gasteiger partial charge in [0.1, 0.15) is 0 Å². The van der Waals surface area contributed by atoms with Gasteiger partial charge in [0.05, 0.1) is 5.52 Å². The molecule has 0 N–H and O–H groups in total. The van der Waals surface area contributed by atoms with Crippen LogP contribution in [0.3, 0.4) is 0 Å². The number of para-hydroxylation sites is 1. The summed E-state index contributed by atoms with van der Waals surface area (Å²) in [7, 11) is 0. The van der Waals surface area contributed by atoms with Crippen LogP contribution in [0.5, 0.6) is 0 Å². The molecular formula is C40H34N4. The van der Waals surface area contributed by atoms with Crippen molar-refractivity contribution in [1.29, 1.82) is 0 Å². The van der Waals surface area contributed by atoms with Gasteiger partial charge >= 0.3 is 0 Å². The van der Waals surface area contributed by atoms with Crippen LogP contribution >= 0.6 is 0 Å². The van der Waals surface area contributed by atoms with Crippen molar-refractivity contribution in [2.24, 2.45) is 11.8 Å². The van der Waals surface area contributed by atoms with E-state index in [2.05, 4.69) is 116 Å². The Balaban J connectivity index is 1.23. The fourth-order valence-corrected chi connectivity index (χ4v) is 6.72. The first-order chi connectivity index (χ1) is 21.6. The van der Waals surface area contributed by atoms with Crippen molar-refractivity contribution >= 4 is 17.0 Å². The molecule has 2 aromatic heterocycles. The van der Waals surface area contributed by atoms with E-state index in [1.165, 1.54) is 22.3 Å². The van der Waals surface area contributed by atoms with Gasteiger partial charge in [-0.15, -0.1) is 0 Å². The van der Waals surface area contributed by atoms with Crippen molar-refractivity contribution in [3.63, 3.8) is 0 Å². The average Bonchev–Trinajstić information content (AvgIpc) is 3.08. The molecule has 4 aromatic carbocycles. The number of benzene rings is 4. The normalized spacial score (nSPS) is 17.3. The maximum atomic E-state index is 5.08. The lowest BCUT2D eigenvalue weighted by molar-refractivity contribution is 0.361. The molecule has 214 valence electrons. The number of fused-ring (bicyclic) bond motifs is 3. The predicted molar refractivity (Wildman–Crippen MR) is 180 cm³/mol. The molecule has 8 rings (SSSR count). The Kier molecular flexibility index (Phi) is 6.63. The van der Waals surface area contributed by atoms with E-state index in [1.54, 1.807) is 0 Å². The first-order valence-electron chi connectivity index (χ1n) is 15.7. The topological polar surface area (TPSA) is 51.6 Å². The van der Waals surface area contributed by atoms with Crippen molar-refractivity contribution in [1.82, 2.24) is 19.9 Å². The summed E-state index contributed by atoms with van der Waals surface area (Å²) in [6.07, 6.45) is 10.6. The summed E-state index contributed by atoms with van der Waals surface area (Å²) >= 11 is 0. The van der Waals surface area contributed by atoms with E-state index >= 15 is 0 Å². The second-order valence-electron chi connectivity index (χ2n) is 12.5. The molecule has 0 spiro atoms. The third kappa shape index (κ3) is 4.90. The van der Waals surface area contributed by atoms with Gasteiger partial charge in [0.2, 0.25) is 0 Å². The van der Waals surface area contributed by atoms with E-state index in [1.807, 2.05) is 12.3 Å². The lowest BCUT2D eigenvalue weighted by Crippen LogP contribution is -2.20. The first-order valence-corrected chi connectivity index (χ1v) is 15.7. The minimum atomic E-state index is 0.669. The highest BCUT2D eigenvalue weighted by molar-refractivity contribution is 5.93. The molecule has 0 saturated heterocycles. The number of aromatic nitrogens is 4. The van der Waals surface area contributed by atoms with Gasteiger partial charge in [0.15, 0.2) is 17.5 Å². The Morgan fingerprint density at radius 3 is 2.02 bits per heavy atom. The van der Waals surface area contributed by atoms with Gasteiger partial charge < -0.3 is 0 Å². The number of nitrogens with zero attached hydrogens (tertiary/aromatic N) is 4. The van der Waals surface area contributed by atoms with E-state index in [9.17, 15) is 0 Å². The molecule has 2 aliphatic carbocycles. The molecule has 44 heavy (non-hydrogen) atoms. The maximum Gasteiger partial charge on any atom is 0.164 e. The molecular weight excluding hydrogens is 536 g/mol. The molecule has 2 atom stereocenters. The van der Waals surface area contributed by atoms with Crippen LogP contribution in [-0.4, -0.2) is 19.9 Å². The fraction of sp³-hybridized carbons (Fsp3) is 0.200. The van der Waals surface area contributed by atoms with Crippen molar-refractivity contribution in [3.8, 4) is 45.3 Å². The largest absolute Gasteiger partial charge is 0.256 e. The molecule has 6 aromatic rings. The van der Waals surface area contributed by atoms with Crippen molar-refractivity contribution in [2.75, 3.05) is 0 Å². The number of aryl methyl sites for hydroxylation is 1. The molecule has 1 unspecified atom stereocenters. The summed E-state index contributed by atoms with van der Waals surface area (Å²) in [4.78, 5) is 19.9. The van der Waals surface area contributed by atoms with E-state index in [0.29, 0.717) is 23.5 Å². The maximum absolute atomic E-state index is 5.08. The third-order valence-corrected chi connectivity index (χ3v) is 9.52. The van der Waals surface area contributed by atoms with Gasteiger partial charge in [-0.1, -0.05) is 98.8 Å². The molecule has 0 saturated carbocycles. The van der Waals surface area contributed by atoms with E-state index < -0.39 is 0 Å². The van der Waals surface area contributed by atoms with Gasteiger partial charge in [-0.05, 0) is 83.5 Å². The highest BCUT2D eigenvalue weighted by atomic mass is 15.0. The number of allylic oxidation sites excluding steroid dienone is 1. The van der Waals surface area contributed by atoms with Crippen LogP contribution in [-0.2, 0) is 19.3 Å². The van der Waals surface area contributed by atoms with Crippen LogP contribution < -0.4 is 0 Å². The zero-order valence-electron chi connectivity index (χ0n) is 25.2. The standard InChI is InChI=1S/C40H34N4/c1-25-21-32-17-19-34(24-35(32)22-26(25)2)40-43-38(42-39(44-40)33-18-12-27-7-3-4-8-31(27)23-33)30-15-13-28(14-16-30)36-11-5-9-29-10-6-20-41-37(29)36/h3,5-7,9-20,23-26H,4,8,21-22H2,1-2H3/t25?,26-/m1/s1. The zero-order valence-corrected chi connectivity index (χ0v) is 25.2. The highest BCUT2D eigenvalue weighted by Gasteiger charge is 2.23. The molecule has 2 aliphatic rings. The third-order valence-electron chi connectivity index (χ3n) is 9.52. The average molecular weight is 571 g/mol. The zero-order chi connectivity index (χ0) is 29.6. The number of hydrogen-bond donors (Lipinski definition) is 0. The molecule has 0 amide bonds. The number of pyridine rings is 1. The fourth-order valence-electron chi connectivity index (χ4n) is 6.72. The van der Waals surface area contributed by atoms with Crippen LogP contribution in [0.25, 0.3) is 62.3 Å². The Bertz CT molecular complexity index is 2050. The Morgan fingerprint density at radius 2 is 1.23 bits per heavy atom. The van der Waals surface area contributed by atoms with Gasteiger partial charge in [0, 0.05) is 33.8 Å². The lowest BCUT2D eigenvalue weighted by Gasteiger charge is -2.28. The molecule has 0 fully saturated rings. The van der Waals surface area contributed by atoms with Crippen LogP contribution in [0.2, 0.25) is 0 Å². The van der Waals surface area contributed by atoms with Gasteiger partial charge in [-0.25, -0.2) is 15.0 Å². The molecule has 0 aliphatic heterocycles. The Hall–Kier alpha value is -4.96. The first kappa shape index (κ1) is 26.7. The SMILES string of the molecule is CC1Cc2ccc(-c3nc(-c4ccc(-c5cccc6cccnc56)cc4)nc(-c4ccc5c(c4)CCC=C5)n3)cc2C[C@H]1C. The van der Waals surface area contributed by atoms with Gasteiger partial charge in [0.25, 0.3) is 0 Å². The van der Waals surface area contributed by atoms with Crippen molar-refractivity contribution in [2.45, 2.75) is 39.5 Å². The van der Waals surface area contributed by atoms with E-state index in [4.69, 9.17) is 15.0 Å². The quantitative estimate of drug-likeness (QED) is 0.212. The molecule has 0 bridgehead atoms. The van der Waals surface area contributed by atoms with Crippen LogP contribution in [0.4, 0.5) is 0 Å². The highest BCUT2D eigenvalue weighted by Crippen LogP contribution is 2.34. The smallest absolute Gasteiger partial charge is 0.164 e. The lowest BCUT2D eigenvalue weighted by atomic mass is 9.77. The molecule has 4 nitrogen and oxygen atoms in total. The monoisotopic (exact) mass is 570 g/mol. The summed E-state index contributed by atoms with van der Waals surface area (Å²) in [5.41, 5.74) is 11.8. The Morgan fingerprint density at radius 1 is 0.591 bits per heavy atom. The summed E-state index contributed by atoms with van der Waals surface area (Å²) < 4.78 is 0. The van der Waals surface area contributed by atoms with Gasteiger partial charge in [-0.3, -0.25) is 4.98 Å². The minimum Gasteiger partial charge on any atom is -0.256 e. The van der Waals surface area contributed by atoms with Crippen LogP contribution in [0, 0.1) is 11.8 Å². The summed E-state index contributed by atoms with van der Waals surface area (Å²) in [6, 6.07) is 32.3. The minimum absolute atomic E-state index is 0.669.